The van der Waals surface area contributed by atoms with E-state index in [0.29, 0.717) is 11.3 Å². The molecule has 1 aromatic carbocycles. The second-order valence-electron chi connectivity index (χ2n) is 5.32. The second-order valence-corrected chi connectivity index (χ2v) is 5.32. The Balaban J connectivity index is 2.19. The number of rotatable bonds is 4. The first-order chi connectivity index (χ1) is 10.6. The van der Waals surface area contributed by atoms with Crippen LogP contribution in [-0.2, 0) is 0 Å². The first-order valence-electron chi connectivity index (χ1n) is 7.33. The maximum absolute atomic E-state index is 14.1. The standard InChI is InChI=1S/C16H18FN5/c1-4-10(2)20-15-14-11(3)21-22(16(14)19-9-18-15)13-8-6-5-7-12(13)17/h5-10H,4H2,1-3H3,(H,18,19,20). The number of hydrogen-bond acceptors (Lipinski definition) is 4. The van der Waals surface area contributed by atoms with E-state index in [1.54, 1.807) is 18.2 Å². The van der Waals surface area contributed by atoms with Gasteiger partial charge in [0.15, 0.2) is 5.65 Å². The molecule has 6 heteroatoms. The first kappa shape index (κ1) is 14.4. The minimum atomic E-state index is -0.332. The molecule has 2 heterocycles. The number of aromatic nitrogens is 4. The minimum absolute atomic E-state index is 0.286. The maximum Gasteiger partial charge on any atom is 0.168 e. The topological polar surface area (TPSA) is 55.6 Å². The summed E-state index contributed by atoms with van der Waals surface area (Å²) < 4.78 is 15.6. The second kappa shape index (κ2) is 5.71. The van der Waals surface area contributed by atoms with Crippen molar-refractivity contribution >= 4 is 16.9 Å². The molecular weight excluding hydrogens is 281 g/mol. The van der Waals surface area contributed by atoms with Crippen LogP contribution in [0.4, 0.5) is 10.2 Å². The van der Waals surface area contributed by atoms with Gasteiger partial charge in [-0.3, -0.25) is 0 Å². The van der Waals surface area contributed by atoms with Gasteiger partial charge in [-0.15, -0.1) is 0 Å². The van der Waals surface area contributed by atoms with Crippen LogP contribution in [-0.4, -0.2) is 25.8 Å². The molecule has 114 valence electrons. The van der Waals surface area contributed by atoms with Gasteiger partial charge in [0.05, 0.1) is 11.1 Å². The highest BCUT2D eigenvalue weighted by molar-refractivity contribution is 5.90. The third-order valence-electron chi connectivity index (χ3n) is 3.72. The van der Waals surface area contributed by atoms with E-state index < -0.39 is 0 Å². The van der Waals surface area contributed by atoms with Gasteiger partial charge in [0, 0.05) is 6.04 Å². The molecule has 0 radical (unpaired) electrons. The normalized spacial score (nSPS) is 12.5. The van der Waals surface area contributed by atoms with Crippen molar-refractivity contribution in [2.75, 3.05) is 5.32 Å². The molecule has 0 fully saturated rings. The number of nitrogens with zero attached hydrogens (tertiary/aromatic N) is 4. The average Bonchev–Trinajstić information content (AvgIpc) is 2.86. The summed E-state index contributed by atoms with van der Waals surface area (Å²) in [5.41, 5.74) is 1.75. The van der Waals surface area contributed by atoms with Crippen LogP contribution in [0.15, 0.2) is 30.6 Å². The average molecular weight is 299 g/mol. The van der Waals surface area contributed by atoms with E-state index in [1.165, 1.54) is 17.1 Å². The summed E-state index contributed by atoms with van der Waals surface area (Å²) in [6.45, 7) is 6.07. The predicted octanol–water partition coefficient (Wildman–Crippen LogP) is 3.47. The summed E-state index contributed by atoms with van der Waals surface area (Å²) in [5.74, 6) is 0.404. The van der Waals surface area contributed by atoms with Gasteiger partial charge in [-0.2, -0.15) is 5.10 Å². The third kappa shape index (κ3) is 2.41. The molecule has 0 amide bonds. The zero-order valence-electron chi connectivity index (χ0n) is 12.8. The van der Waals surface area contributed by atoms with E-state index in [1.807, 2.05) is 6.92 Å². The van der Waals surface area contributed by atoms with E-state index in [2.05, 4.69) is 34.2 Å². The highest BCUT2D eigenvalue weighted by Crippen LogP contribution is 2.26. The van der Waals surface area contributed by atoms with Crippen molar-refractivity contribution in [2.45, 2.75) is 33.2 Å². The molecule has 0 aliphatic carbocycles. The van der Waals surface area contributed by atoms with Gasteiger partial charge in [-0.1, -0.05) is 19.1 Å². The Labute approximate surface area is 128 Å². The lowest BCUT2D eigenvalue weighted by Crippen LogP contribution is -2.15. The quantitative estimate of drug-likeness (QED) is 0.801. The zero-order valence-corrected chi connectivity index (χ0v) is 12.8. The fourth-order valence-electron chi connectivity index (χ4n) is 2.35. The molecule has 5 nitrogen and oxygen atoms in total. The highest BCUT2D eigenvalue weighted by Gasteiger charge is 2.17. The largest absolute Gasteiger partial charge is 0.367 e. The molecule has 3 aromatic rings. The van der Waals surface area contributed by atoms with Crippen LogP contribution in [0, 0.1) is 12.7 Å². The van der Waals surface area contributed by atoms with Gasteiger partial charge >= 0.3 is 0 Å². The van der Waals surface area contributed by atoms with E-state index in [4.69, 9.17) is 0 Å². The van der Waals surface area contributed by atoms with Crippen molar-refractivity contribution in [3.05, 3.63) is 42.1 Å². The van der Waals surface area contributed by atoms with Crippen LogP contribution < -0.4 is 5.32 Å². The number of para-hydroxylation sites is 1. The fourth-order valence-corrected chi connectivity index (χ4v) is 2.35. The summed E-state index contributed by atoms with van der Waals surface area (Å²) in [4.78, 5) is 8.61. The Bertz CT molecular complexity index is 811. The molecule has 0 spiro atoms. The molecule has 0 saturated carbocycles. The lowest BCUT2D eigenvalue weighted by molar-refractivity contribution is 0.612. The van der Waals surface area contributed by atoms with Crippen LogP contribution in [0.3, 0.4) is 0 Å². The number of hydrogen-bond donors (Lipinski definition) is 1. The molecule has 2 aromatic heterocycles. The number of benzene rings is 1. The van der Waals surface area contributed by atoms with Gasteiger partial charge in [0.25, 0.3) is 0 Å². The van der Waals surface area contributed by atoms with Gasteiger partial charge in [0.2, 0.25) is 0 Å². The zero-order chi connectivity index (χ0) is 15.7. The lowest BCUT2D eigenvalue weighted by atomic mass is 10.2. The number of nitrogens with one attached hydrogen (secondary N) is 1. The van der Waals surface area contributed by atoms with Crippen LogP contribution in [0.1, 0.15) is 26.0 Å². The maximum atomic E-state index is 14.1. The molecule has 1 atom stereocenters. The van der Waals surface area contributed by atoms with Crippen molar-refractivity contribution in [3.8, 4) is 5.69 Å². The minimum Gasteiger partial charge on any atom is -0.367 e. The van der Waals surface area contributed by atoms with Crippen molar-refractivity contribution in [2.24, 2.45) is 0 Å². The van der Waals surface area contributed by atoms with Crippen LogP contribution in [0.25, 0.3) is 16.7 Å². The van der Waals surface area contributed by atoms with E-state index >= 15 is 0 Å². The molecule has 1 N–H and O–H groups in total. The van der Waals surface area contributed by atoms with Crippen LogP contribution in [0.2, 0.25) is 0 Å². The molecular formula is C16H18FN5. The van der Waals surface area contributed by atoms with E-state index in [0.717, 1.165) is 23.3 Å². The molecule has 3 rings (SSSR count). The number of aryl methyl sites for hydroxylation is 1. The predicted molar refractivity (Wildman–Crippen MR) is 84.7 cm³/mol. The summed E-state index contributed by atoms with van der Waals surface area (Å²) in [5, 5.41) is 8.63. The Morgan fingerprint density at radius 1 is 1.27 bits per heavy atom. The number of fused-ring (bicyclic) bond motifs is 1. The van der Waals surface area contributed by atoms with Gasteiger partial charge < -0.3 is 5.32 Å². The molecule has 1 unspecified atom stereocenters. The van der Waals surface area contributed by atoms with Crippen LogP contribution >= 0.6 is 0 Å². The highest BCUT2D eigenvalue weighted by atomic mass is 19.1. The number of halogens is 1. The summed E-state index contributed by atoms with van der Waals surface area (Å²) >= 11 is 0. The Morgan fingerprint density at radius 3 is 2.77 bits per heavy atom. The molecule has 22 heavy (non-hydrogen) atoms. The fraction of sp³-hybridized carbons (Fsp3) is 0.312. The van der Waals surface area contributed by atoms with Gasteiger partial charge in [-0.25, -0.2) is 19.0 Å². The number of anilines is 1. The Morgan fingerprint density at radius 2 is 2.05 bits per heavy atom. The van der Waals surface area contributed by atoms with E-state index in [-0.39, 0.29) is 11.9 Å². The molecule has 0 bridgehead atoms. The van der Waals surface area contributed by atoms with Crippen molar-refractivity contribution in [1.82, 2.24) is 19.7 Å². The molecule has 0 saturated heterocycles. The van der Waals surface area contributed by atoms with Gasteiger partial charge in [-0.05, 0) is 32.4 Å². The smallest absolute Gasteiger partial charge is 0.168 e. The summed E-state index contributed by atoms with van der Waals surface area (Å²) in [6.07, 6.45) is 2.46. The Kier molecular flexibility index (Phi) is 3.75. The van der Waals surface area contributed by atoms with Gasteiger partial charge in [0.1, 0.15) is 23.6 Å². The van der Waals surface area contributed by atoms with Crippen molar-refractivity contribution < 1.29 is 4.39 Å². The monoisotopic (exact) mass is 299 g/mol. The summed E-state index contributed by atoms with van der Waals surface area (Å²) in [7, 11) is 0. The molecule has 0 aliphatic heterocycles. The van der Waals surface area contributed by atoms with E-state index in [9.17, 15) is 4.39 Å². The Hall–Kier alpha value is -2.50. The third-order valence-corrected chi connectivity index (χ3v) is 3.72. The van der Waals surface area contributed by atoms with Crippen molar-refractivity contribution in [1.29, 1.82) is 0 Å². The lowest BCUT2D eigenvalue weighted by Gasteiger charge is -2.12. The SMILES string of the molecule is CCC(C)Nc1ncnc2c1c(C)nn2-c1ccccc1F. The summed E-state index contributed by atoms with van der Waals surface area (Å²) in [6, 6.07) is 6.82. The first-order valence-corrected chi connectivity index (χ1v) is 7.33. The van der Waals surface area contributed by atoms with Crippen LogP contribution in [0.5, 0.6) is 0 Å². The molecule has 0 aliphatic rings. The van der Waals surface area contributed by atoms with Crippen molar-refractivity contribution in [3.63, 3.8) is 0 Å².